The third-order valence-electron chi connectivity index (χ3n) is 1.78. The number of nitrogens with two attached hydrogens (primary N) is 1. The normalized spacial score (nSPS) is 11.6. The fourth-order valence-electron chi connectivity index (χ4n) is 1.02. The quantitative estimate of drug-likeness (QED) is 0.601. The SMILES string of the molecule is Nc1c(C(=O)O)cc(C(F)(F)F)c(Cl)c1F. The minimum atomic E-state index is -4.95. The fraction of sp³-hybridized carbons (Fsp3) is 0.125. The maximum atomic E-state index is 13.1. The lowest BCUT2D eigenvalue weighted by molar-refractivity contribution is -0.137. The first-order chi connectivity index (χ1) is 7.16. The Morgan fingerprint density at radius 3 is 2.31 bits per heavy atom. The van der Waals surface area contributed by atoms with Crippen LogP contribution in [0.25, 0.3) is 0 Å². The van der Waals surface area contributed by atoms with Gasteiger partial charge >= 0.3 is 12.1 Å². The Morgan fingerprint density at radius 1 is 1.44 bits per heavy atom. The highest BCUT2D eigenvalue weighted by atomic mass is 35.5. The number of nitrogen functional groups attached to an aromatic ring is 1. The average Bonchev–Trinajstić information content (AvgIpc) is 2.11. The maximum absolute atomic E-state index is 13.1. The van der Waals surface area contributed by atoms with Crippen LogP contribution in [0.3, 0.4) is 0 Å². The summed E-state index contributed by atoms with van der Waals surface area (Å²) in [6, 6.07) is 0.197. The third-order valence-corrected chi connectivity index (χ3v) is 2.15. The van der Waals surface area contributed by atoms with Gasteiger partial charge in [0.15, 0.2) is 5.82 Å². The van der Waals surface area contributed by atoms with Crippen molar-refractivity contribution < 1.29 is 27.5 Å². The van der Waals surface area contributed by atoms with Gasteiger partial charge in [0.25, 0.3) is 0 Å². The van der Waals surface area contributed by atoms with Crippen molar-refractivity contribution in [1.82, 2.24) is 0 Å². The number of carboxylic acid groups (broad SMARTS) is 1. The highest BCUT2D eigenvalue weighted by Gasteiger charge is 2.36. The highest BCUT2D eigenvalue weighted by molar-refractivity contribution is 6.32. The minimum absolute atomic E-state index is 0.197. The van der Waals surface area contributed by atoms with Crippen molar-refractivity contribution in [3.8, 4) is 0 Å². The van der Waals surface area contributed by atoms with Gasteiger partial charge in [0.2, 0.25) is 0 Å². The van der Waals surface area contributed by atoms with E-state index in [0.717, 1.165) is 0 Å². The zero-order valence-corrected chi connectivity index (χ0v) is 8.16. The summed E-state index contributed by atoms with van der Waals surface area (Å²) in [6.45, 7) is 0. The van der Waals surface area contributed by atoms with E-state index in [1.54, 1.807) is 0 Å². The van der Waals surface area contributed by atoms with Crippen LogP contribution in [0.2, 0.25) is 5.02 Å². The summed E-state index contributed by atoms with van der Waals surface area (Å²) < 4.78 is 50.1. The largest absolute Gasteiger partial charge is 0.478 e. The number of alkyl halides is 3. The zero-order chi connectivity index (χ0) is 12.7. The summed E-state index contributed by atoms with van der Waals surface area (Å²) >= 11 is 5.09. The molecule has 3 nitrogen and oxygen atoms in total. The van der Waals surface area contributed by atoms with Crippen molar-refractivity contribution in [3.63, 3.8) is 0 Å². The van der Waals surface area contributed by atoms with Crippen LogP contribution in [-0.4, -0.2) is 11.1 Å². The molecule has 0 aliphatic rings. The lowest BCUT2D eigenvalue weighted by atomic mass is 10.1. The number of hydrogen-bond acceptors (Lipinski definition) is 2. The molecule has 0 radical (unpaired) electrons. The van der Waals surface area contributed by atoms with Crippen LogP contribution < -0.4 is 5.73 Å². The van der Waals surface area contributed by atoms with Crippen LogP contribution in [-0.2, 0) is 6.18 Å². The molecule has 0 atom stereocenters. The van der Waals surface area contributed by atoms with Crippen molar-refractivity contribution in [2.24, 2.45) is 0 Å². The Kier molecular flexibility index (Phi) is 3.00. The summed E-state index contributed by atoms with van der Waals surface area (Å²) in [6.07, 6.45) is -4.95. The molecular formula is C8H4ClF4NO2. The van der Waals surface area contributed by atoms with E-state index in [1.165, 1.54) is 0 Å². The Labute approximate surface area is 91.4 Å². The van der Waals surface area contributed by atoms with Crippen molar-refractivity contribution in [3.05, 3.63) is 28.0 Å². The van der Waals surface area contributed by atoms with Gasteiger partial charge in [-0.2, -0.15) is 13.2 Å². The number of benzene rings is 1. The Morgan fingerprint density at radius 2 is 1.94 bits per heavy atom. The second kappa shape index (κ2) is 3.82. The molecular weight excluding hydrogens is 254 g/mol. The molecule has 16 heavy (non-hydrogen) atoms. The monoisotopic (exact) mass is 257 g/mol. The molecule has 88 valence electrons. The molecule has 1 aromatic rings. The van der Waals surface area contributed by atoms with Gasteiger partial charge in [-0.3, -0.25) is 0 Å². The zero-order valence-electron chi connectivity index (χ0n) is 7.40. The number of carboxylic acids is 1. The van der Waals surface area contributed by atoms with E-state index in [-0.39, 0.29) is 6.07 Å². The summed E-state index contributed by atoms with van der Waals surface area (Å²) in [5, 5.41) is 7.27. The standard InChI is InChI=1S/C8H4ClF4NO2/c9-4-3(8(11,12)13)1-2(7(15)16)6(14)5(4)10/h1H,14H2,(H,15,16). The van der Waals surface area contributed by atoms with E-state index in [0.29, 0.717) is 0 Å². The topological polar surface area (TPSA) is 63.3 Å². The molecule has 0 saturated heterocycles. The molecule has 0 unspecified atom stereocenters. The smallest absolute Gasteiger partial charge is 0.417 e. The molecule has 0 aliphatic heterocycles. The molecule has 0 spiro atoms. The van der Waals surface area contributed by atoms with E-state index < -0.39 is 39.8 Å². The van der Waals surface area contributed by atoms with Gasteiger partial charge in [0, 0.05) is 0 Å². The Balaban J connectivity index is 3.61. The maximum Gasteiger partial charge on any atom is 0.417 e. The van der Waals surface area contributed by atoms with Crippen LogP contribution in [0.4, 0.5) is 23.2 Å². The molecule has 0 aromatic heterocycles. The van der Waals surface area contributed by atoms with Gasteiger partial charge in [0.05, 0.1) is 21.8 Å². The number of anilines is 1. The second-order valence-corrected chi connectivity index (χ2v) is 3.19. The lowest BCUT2D eigenvalue weighted by Crippen LogP contribution is -2.13. The minimum Gasteiger partial charge on any atom is -0.478 e. The molecule has 0 bridgehead atoms. The lowest BCUT2D eigenvalue weighted by Gasteiger charge is -2.12. The van der Waals surface area contributed by atoms with Crippen LogP contribution in [0.5, 0.6) is 0 Å². The van der Waals surface area contributed by atoms with Gasteiger partial charge in [-0.15, -0.1) is 0 Å². The predicted octanol–water partition coefficient (Wildman–Crippen LogP) is 2.78. The number of rotatable bonds is 1. The number of hydrogen-bond donors (Lipinski definition) is 2. The highest BCUT2D eigenvalue weighted by Crippen LogP contribution is 2.39. The molecule has 0 aliphatic carbocycles. The molecule has 0 heterocycles. The summed E-state index contributed by atoms with van der Waals surface area (Å²) in [4.78, 5) is 10.5. The molecule has 3 N–H and O–H groups in total. The van der Waals surface area contributed by atoms with E-state index in [4.69, 9.17) is 22.4 Å². The fourth-order valence-corrected chi connectivity index (χ4v) is 1.29. The third kappa shape index (κ3) is 2.04. The first-order valence-corrected chi connectivity index (χ1v) is 4.12. The van der Waals surface area contributed by atoms with Crippen molar-refractivity contribution in [2.75, 3.05) is 5.73 Å². The van der Waals surface area contributed by atoms with Gasteiger partial charge in [-0.05, 0) is 6.07 Å². The van der Waals surface area contributed by atoms with E-state index >= 15 is 0 Å². The Bertz CT molecular complexity index is 458. The first kappa shape index (κ1) is 12.6. The van der Waals surface area contributed by atoms with Gasteiger partial charge in [0.1, 0.15) is 0 Å². The average molecular weight is 258 g/mol. The van der Waals surface area contributed by atoms with E-state index in [2.05, 4.69) is 0 Å². The van der Waals surface area contributed by atoms with Crippen molar-refractivity contribution in [2.45, 2.75) is 6.18 Å². The summed E-state index contributed by atoms with van der Waals surface area (Å²) in [5.41, 5.74) is 1.51. The summed E-state index contributed by atoms with van der Waals surface area (Å²) in [5.74, 6) is -3.35. The number of aromatic carboxylic acids is 1. The summed E-state index contributed by atoms with van der Waals surface area (Å²) in [7, 11) is 0. The molecule has 8 heteroatoms. The number of carbonyl (C=O) groups is 1. The molecule has 0 saturated carbocycles. The van der Waals surface area contributed by atoms with E-state index in [1.807, 2.05) is 0 Å². The van der Waals surface area contributed by atoms with Crippen molar-refractivity contribution in [1.29, 1.82) is 0 Å². The van der Waals surface area contributed by atoms with Crippen LogP contribution >= 0.6 is 11.6 Å². The second-order valence-electron chi connectivity index (χ2n) is 2.82. The first-order valence-electron chi connectivity index (χ1n) is 3.74. The van der Waals surface area contributed by atoms with Gasteiger partial charge < -0.3 is 10.8 Å². The molecule has 0 amide bonds. The van der Waals surface area contributed by atoms with Gasteiger partial charge in [-0.1, -0.05) is 11.6 Å². The van der Waals surface area contributed by atoms with Crippen molar-refractivity contribution >= 4 is 23.3 Å². The molecule has 1 rings (SSSR count). The predicted molar refractivity (Wildman–Crippen MR) is 47.8 cm³/mol. The molecule has 1 aromatic carbocycles. The van der Waals surface area contributed by atoms with Crippen LogP contribution in [0.15, 0.2) is 6.07 Å². The number of halogens is 5. The van der Waals surface area contributed by atoms with Gasteiger partial charge in [-0.25, -0.2) is 9.18 Å². The van der Waals surface area contributed by atoms with E-state index in [9.17, 15) is 22.4 Å². The van der Waals surface area contributed by atoms with Crippen LogP contribution in [0, 0.1) is 5.82 Å². The van der Waals surface area contributed by atoms with Crippen LogP contribution in [0.1, 0.15) is 15.9 Å². The molecule has 0 fully saturated rings. The Hall–Kier alpha value is -1.50.